The van der Waals surface area contributed by atoms with Crippen molar-refractivity contribution in [2.75, 3.05) is 6.16 Å². The van der Waals surface area contributed by atoms with Gasteiger partial charge in [-0.25, -0.2) is 13.4 Å². The van der Waals surface area contributed by atoms with Crippen molar-refractivity contribution in [2.45, 2.75) is 6.54 Å². The third-order valence-electron chi connectivity index (χ3n) is 2.13. The molecule has 0 spiro atoms. The predicted octanol–water partition coefficient (Wildman–Crippen LogP) is 1.67. The maximum atomic E-state index is 12.1. The smallest absolute Gasteiger partial charge is 0.297 e. The van der Waals surface area contributed by atoms with Crippen LogP contribution in [-0.2, 0) is 28.9 Å². The minimum Gasteiger partial charge on any atom is -0.297 e. The summed E-state index contributed by atoms with van der Waals surface area (Å²) in [5, 5.41) is 0. The molecule has 1 N–H and O–H groups in total. The molecule has 0 aromatic carbocycles. The fourth-order valence-electron chi connectivity index (χ4n) is 1.34. The second-order valence-corrected chi connectivity index (χ2v) is 8.08. The Labute approximate surface area is 126 Å². The van der Waals surface area contributed by atoms with Gasteiger partial charge in [-0.1, -0.05) is 12.2 Å². The number of hydrogen-bond acceptors (Lipinski definition) is 7. The summed E-state index contributed by atoms with van der Waals surface area (Å²) in [6, 6.07) is 1.17. The normalized spacial score (nSPS) is 15.5. The number of hydrogen-bond donors (Lipinski definition) is 1. The van der Waals surface area contributed by atoms with Crippen LogP contribution >= 0.6 is 22.9 Å². The van der Waals surface area contributed by atoms with E-state index in [1.54, 1.807) is 0 Å². The zero-order valence-corrected chi connectivity index (χ0v) is 14.0. The van der Waals surface area contributed by atoms with E-state index >= 15 is 0 Å². The molecule has 0 fully saturated rings. The van der Waals surface area contributed by atoms with Crippen LogP contribution in [0.3, 0.4) is 0 Å². The van der Waals surface area contributed by atoms with Gasteiger partial charge in [0.15, 0.2) is 0 Å². The van der Waals surface area contributed by atoms with Crippen LogP contribution in [0.25, 0.3) is 0 Å². The molecule has 0 saturated carbocycles. The molecule has 1 rings (SSSR count). The molecular formula is C10H13N2O7P3. The van der Waals surface area contributed by atoms with E-state index in [1.165, 1.54) is 29.0 Å². The van der Waals surface area contributed by atoms with E-state index in [0.29, 0.717) is 0 Å². The van der Waals surface area contributed by atoms with Crippen molar-refractivity contribution in [3.63, 3.8) is 0 Å². The van der Waals surface area contributed by atoms with Crippen LogP contribution in [0.5, 0.6) is 0 Å². The van der Waals surface area contributed by atoms with Gasteiger partial charge in [-0.05, 0) is 12.6 Å². The third kappa shape index (κ3) is 6.52. The molecule has 9 nitrogen and oxygen atoms in total. The van der Waals surface area contributed by atoms with Crippen molar-refractivity contribution in [1.82, 2.24) is 9.55 Å². The summed E-state index contributed by atoms with van der Waals surface area (Å²) in [4.78, 5) is 24.4. The van der Waals surface area contributed by atoms with Gasteiger partial charge < -0.3 is 0 Å². The van der Waals surface area contributed by atoms with Crippen molar-refractivity contribution in [1.29, 1.82) is 0 Å². The van der Waals surface area contributed by atoms with Crippen LogP contribution in [0, 0.1) is 0 Å². The van der Waals surface area contributed by atoms with E-state index < -0.39 is 34.1 Å². The number of aromatic amines is 1. The largest absolute Gasteiger partial charge is 0.354 e. The summed E-state index contributed by atoms with van der Waals surface area (Å²) in [6.45, 7) is 0.0859. The Kier molecular flexibility index (Phi) is 6.94. The van der Waals surface area contributed by atoms with Crippen molar-refractivity contribution in [2.24, 2.45) is 0 Å². The van der Waals surface area contributed by atoms with E-state index in [9.17, 15) is 23.3 Å². The minimum absolute atomic E-state index is 0.0859. The van der Waals surface area contributed by atoms with Crippen LogP contribution in [-0.4, -0.2) is 28.3 Å². The number of nitrogens with zero attached hydrogens (tertiary/aromatic N) is 1. The molecule has 0 saturated heterocycles. The van der Waals surface area contributed by atoms with E-state index in [-0.39, 0.29) is 12.7 Å². The molecule has 0 aliphatic heterocycles. The van der Waals surface area contributed by atoms with Gasteiger partial charge in [0, 0.05) is 18.8 Å². The first kappa shape index (κ1) is 18.6. The molecule has 0 bridgehead atoms. The van der Waals surface area contributed by atoms with Gasteiger partial charge >= 0.3 is 13.3 Å². The summed E-state index contributed by atoms with van der Waals surface area (Å²) in [6.07, 6.45) is 9.85. The van der Waals surface area contributed by atoms with Gasteiger partial charge in [0.25, 0.3) is 5.56 Å². The fourth-order valence-corrected chi connectivity index (χ4v) is 4.89. The summed E-state index contributed by atoms with van der Waals surface area (Å²) < 4.78 is 44.3. The van der Waals surface area contributed by atoms with Crippen molar-refractivity contribution in [3.8, 4) is 0 Å². The SMILES string of the molecule is C=P(=O)OP(=O)(C/C=C/Cn1ccc(=O)[nH]c1=O)OP(=C)=O. The highest BCUT2D eigenvalue weighted by Crippen LogP contribution is 2.56. The molecule has 1 aromatic heterocycles. The highest BCUT2D eigenvalue weighted by atomic mass is 31.2. The third-order valence-corrected chi connectivity index (χ3v) is 6.23. The molecule has 1 aromatic rings. The molecule has 12 heteroatoms. The molecule has 120 valence electrons. The Morgan fingerprint density at radius 2 is 1.82 bits per heavy atom. The Morgan fingerprint density at radius 3 is 2.32 bits per heavy atom. The number of aromatic nitrogens is 2. The first-order valence-corrected chi connectivity index (χ1v) is 10.2. The molecule has 0 aliphatic carbocycles. The average molecular weight is 366 g/mol. The zero-order valence-electron chi connectivity index (χ0n) is 11.3. The zero-order chi connectivity index (χ0) is 16.8. The van der Waals surface area contributed by atoms with Gasteiger partial charge in [-0.15, -0.1) is 0 Å². The lowest BCUT2D eigenvalue weighted by Crippen LogP contribution is -2.28. The Balaban J connectivity index is 2.78. The summed E-state index contributed by atoms with van der Waals surface area (Å²) >= 11 is 0. The van der Waals surface area contributed by atoms with E-state index in [2.05, 4.69) is 26.2 Å². The van der Waals surface area contributed by atoms with E-state index in [4.69, 9.17) is 0 Å². The molecule has 1 heterocycles. The van der Waals surface area contributed by atoms with Crippen LogP contribution < -0.4 is 11.2 Å². The van der Waals surface area contributed by atoms with Crippen LogP contribution in [0.15, 0.2) is 34.0 Å². The molecule has 0 aliphatic rings. The summed E-state index contributed by atoms with van der Waals surface area (Å²) in [5.41, 5.74) is -1.12. The number of nitrogens with one attached hydrogen (secondary N) is 1. The minimum atomic E-state index is -3.90. The topological polar surface area (TPSA) is 125 Å². The summed E-state index contributed by atoms with van der Waals surface area (Å²) in [7, 11) is -8.83. The lowest BCUT2D eigenvalue weighted by Gasteiger charge is -2.09. The van der Waals surface area contributed by atoms with E-state index in [1.807, 2.05) is 0 Å². The lowest BCUT2D eigenvalue weighted by atomic mass is 10.5. The first-order chi connectivity index (χ1) is 10.2. The quantitative estimate of drug-likeness (QED) is 0.548. The molecule has 0 radical (unpaired) electrons. The standard InChI is InChI=1S/C10H13N2O7P3/c1-20(15)18-22(17,19-21(2)16)8-4-3-6-12-7-5-9(13)11-10(12)14/h3-5,7H,1-2,6,8H2,(H,11,13,14)/b4-3+. The second-order valence-electron chi connectivity index (χ2n) is 3.86. The lowest BCUT2D eigenvalue weighted by molar-refractivity contribution is 0.404. The van der Waals surface area contributed by atoms with Gasteiger partial charge in [-0.3, -0.25) is 28.0 Å². The summed E-state index contributed by atoms with van der Waals surface area (Å²) in [5.74, 6) is 0. The Morgan fingerprint density at radius 1 is 1.23 bits per heavy atom. The maximum absolute atomic E-state index is 12.1. The Bertz CT molecular complexity index is 816. The fraction of sp³-hybridized carbons (Fsp3) is 0.200. The molecule has 2 unspecified atom stereocenters. The average Bonchev–Trinajstić information content (AvgIpc) is 2.34. The second kappa shape index (κ2) is 8.22. The van der Waals surface area contributed by atoms with Gasteiger partial charge in [-0.2, -0.15) is 0 Å². The van der Waals surface area contributed by atoms with Gasteiger partial charge in [0.05, 0.1) is 6.16 Å². The Hall–Kier alpha value is -1.49. The van der Waals surface area contributed by atoms with E-state index in [0.717, 1.165) is 0 Å². The van der Waals surface area contributed by atoms with Crippen LogP contribution in [0.2, 0.25) is 0 Å². The highest BCUT2D eigenvalue weighted by Gasteiger charge is 2.25. The molecule has 22 heavy (non-hydrogen) atoms. The van der Waals surface area contributed by atoms with Gasteiger partial charge in [0.2, 0.25) is 15.3 Å². The highest BCUT2D eigenvalue weighted by molar-refractivity contribution is 7.66. The molecular weight excluding hydrogens is 353 g/mol. The van der Waals surface area contributed by atoms with Crippen LogP contribution in [0.4, 0.5) is 0 Å². The molecule has 2 atom stereocenters. The predicted molar refractivity (Wildman–Crippen MR) is 84.6 cm³/mol. The number of allylic oxidation sites excluding steroid dienone is 2. The molecule has 0 amide bonds. The van der Waals surface area contributed by atoms with Gasteiger partial charge in [0.1, 0.15) is 0 Å². The van der Waals surface area contributed by atoms with Crippen molar-refractivity contribution in [3.05, 3.63) is 45.3 Å². The maximum Gasteiger partial charge on any atom is 0.354 e. The first-order valence-electron chi connectivity index (χ1n) is 5.70. The monoisotopic (exact) mass is 366 g/mol. The number of rotatable bonds is 8. The van der Waals surface area contributed by atoms with Crippen molar-refractivity contribution >= 4 is 35.5 Å². The number of H-pyrrole nitrogens is 1. The van der Waals surface area contributed by atoms with Crippen molar-refractivity contribution < 1.29 is 22.3 Å². The van der Waals surface area contributed by atoms with Crippen LogP contribution in [0.1, 0.15) is 0 Å².